The van der Waals surface area contributed by atoms with Gasteiger partial charge in [-0.2, -0.15) is 0 Å². The molecule has 158 valence electrons. The molecular weight excluding hydrogens is 480 g/mol. The smallest absolute Gasteiger partial charge is 0.191 e. The summed E-state index contributed by atoms with van der Waals surface area (Å²) < 4.78 is 19.4. The molecule has 1 aliphatic rings. The third-order valence-electron chi connectivity index (χ3n) is 5.36. The van der Waals surface area contributed by atoms with Crippen molar-refractivity contribution in [3.05, 3.63) is 71.5 Å². The molecule has 29 heavy (non-hydrogen) atoms. The minimum atomic E-state index is -0.156. The van der Waals surface area contributed by atoms with Gasteiger partial charge >= 0.3 is 0 Å². The van der Waals surface area contributed by atoms with Crippen molar-refractivity contribution in [3.63, 3.8) is 0 Å². The topological polar surface area (TPSA) is 45.7 Å². The van der Waals surface area contributed by atoms with Crippen LogP contribution in [-0.4, -0.2) is 38.8 Å². The van der Waals surface area contributed by atoms with Crippen LogP contribution in [0.5, 0.6) is 0 Å². The zero-order chi connectivity index (χ0) is 19.7. The minimum absolute atomic E-state index is 0. The summed E-state index contributed by atoms with van der Waals surface area (Å²) in [4.78, 5) is 4.88. The summed E-state index contributed by atoms with van der Waals surface area (Å²) in [5, 5.41) is 6.65. The summed E-state index contributed by atoms with van der Waals surface area (Å²) >= 11 is 0. The molecule has 0 aromatic heterocycles. The molecule has 0 radical (unpaired) electrons. The van der Waals surface area contributed by atoms with E-state index in [1.807, 2.05) is 18.2 Å². The van der Waals surface area contributed by atoms with E-state index < -0.39 is 0 Å². The lowest BCUT2D eigenvalue weighted by Crippen LogP contribution is -2.41. The normalized spacial score (nSPS) is 16.0. The van der Waals surface area contributed by atoms with E-state index in [4.69, 9.17) is 9.73 Å². The fraction of sp³-hybridized carbons (Fsp3) is 0.435. The molecule has 4 nitrogen and oxygen atoms in total. The summed E-state index contributed by atoms with van der Waals surface area (Å²) in [7, 11) is 0. The van der Waals surface area contributed by atoms with Crippen molar-refractivity contribution in [2.75, 3.05) is 32.8 Å². The molecule has 1 fully saturated rings. The van der Waals surface area contributed by atoms with Gasteiger partial charge in [0.2, 0.25) is 0 Å². The molecule has 0 spiro atoms. The van der Waals surface area contributed by atoms with E-state index >= 15 is 0 Å². The molecule has 2 N–H and O–H groups in total. The van der Waals surface area contributed by atoms with Gasteiger partial charge in [0.1, 0.15) is 5.82 Å². The molecule has 0 atom stereocenters. The molecule has 3 rings (SSSR count). The molecule has 1 heterocycles. The highest BCUT2D eigenvalue weighted by molar-refractivity contribution is 14.0. The van der Waals surface area contributed by atoms with Crippen LogP contribution in [0.3, 0.4) is 0 Å². The number of hydrogen-bond donors (Lipinski definition) is 2. The van der Waals surface area contributed by atoms with Crippen LogP contribution in [0, 0.1) is 5.82 Å². The molecule has 0 unspecified atom stereocenters. The minimum Gasteiger partial charge on any atom is -0.381 e. The Kier molecular flexibility index (Phi) is 9.87. The lowest BCUT2D eigenvalue weighted by Gasteiger charge is -2.36. The average molecular weight is 511 g/mol. The van der Waals surface area contributed by atoms with Crippen LogP contribution in [0.15, 0.2) is 59.6 Å². The van der Waals surface area contributed by atoms with Gasteiger partial charge in [0.25, 0.3) is 0 Å². The van der Waals surface area contributed by atoms with Crippen molar-refractivity contribution in [2.24, 2.45) is 4.99 Å². The standard InChI is InChI=1S/C23H30FN3O.HI/c1-2-25-22(26-15-12-19-8-6-7-11-21(19)24)27-18-23(13-16-28-17-14-23)20-9-4-3-5-10-20;/h3-11H,2,12-18H2,1H3,(H2,25,26,27);1H. The van der Waals surface area contributed by atoms with Crippen LogP contribution in [0.4, 0.5) is 4.39 Å². The Labute approximate surface area is 190 Å². The fourth-order valence-corrected chi connectivity index (χ4v) is 3.68. The SMILES string of the molecule is CCNC(=NCC1(c2ccccc2)CCOCC1)NCCc1ccccc1F.I. The van der Waals surface area contributed by atoms with E-state index in [1.165, 1.54) is 11.6 Å². The number of aliphatic imine (C=N–C) groups is 1. The van der Waals surface area contributed by atoms with Crippen molar-refractivity contribution in [1.29, 1.82) is 0 Å². The lowest BCUT2D eigenvalue weighted by atomic mass is 9.74. The van der Waals surface area contributed by atoms with Gasteiger partial charge in [-0.1, -0.05) is 48.5 Å². The third kappa shape index (κ3) is 6.67. The Morgan fingerprint density at radius 1 is 1.03 bits per heavy atom. The molecule has 0 amide bonds. The Bertz CT molecular complexity index is 764. The van der Waals surface area contributed by atoms with Gasteiger partial charge in [-0.05, 0) is 43.4 Å². The average Bonchev–Trinajstić information content (AvgIpc) is 2.75. The highest BCUT2D eigenvalue weighted by atomic mass is 127. The Hall–Kier alpha value is -1.67. The molecule has 0 saturated carbocycles. The van der Waals surface area contributed by atoms with Crippen LogP contribution in [0.25, 0.3) is 0 Å². The highest BCUT2D eigenvalue weighted by Crippen LogP contribution is 2.35. The largest absolute Gasteiger partial charge is 0.381 e. The Morgan fingerprint density at radius 3 is 2.41 bits per heavy atom. The van der Waals surface area contributed by atoms with E-state index in [2.05, 4.69) is 41.8 Å². The summed E-state index contributed by atoms with van der Waals surface area (Å²) in [6, 6.07) is 17.5. The van der Waals surface area contributed by atoms with Crippen LogP contribution in [0.2, 0.25) is 0 Å². The first-order valence-electron chi connectivity index (χ1n) is 10.1. The van der Waals surface area contributed by atoms with Gasteiger partial charge in [-0.15, -0.1) is 24.0 Å². The molecule has 1 aliphatic heterocycles. The quantitative estimate of drug-likeness (QED) is 0.331. The lowest BCUT2D eigenvalue weighted by molar-refractivity contribution is 0.0531. The third-order valence-corrected chi connectivity index (χ3v) is 5.36. The second-order valence-corrected chi connectivity index (χ2v) is 7.22. The van der Waals surface area contributed by atoms with E-state index in [9.17, 15) is 4.39 Å². The van der Waals surface area contributed by atoms with Gasteiger partial charge < -0.3 is 15.4 Å². The Balaban J connectivity index is 0.00000300. The number of guanidine groups is 1. The van der Waals surface area contributed by atoms with Crippen LogP contribution in [0.1, 0.15) is 30.9 Å². The van der Waals surface area contributed by atoms with Crippen molar-refractivity contribution in [1.82, 2.24) is 10.6 Å². The van der Waals surface area contributed by atoms with Gasteiger partial charge in [-0.25, -0.2) is 4.39 Å². The van der Waals surface area contributed by atoms with Crippen molar-refractivity contribution in [3.8, 4) is 0 Å². The molecular formula is C23H31FIN3O. The number of hydrogen-bond acceptors (Lipinski definition) is 2. The van der Waals surface area contributed by atoms with E-state index in [0.29, 0.717) is 19.5 Å². The Morgan fingerprint density at radius 2 is 1.72 bits per heavy atom. The molecule has 0 aliphatic carbocycles. The fourth-order valence-electron chi connectivity index (χ4n) is 3.68. The van der Waals surface area contributed by atoms with Crippen LogP contribution in [-0.2, 0) is 16.6 Å². The first kappa shape index (κ1) is 23.6. The highest BCUT2D eigenvalue weighted by Gasteiger charge is 2.34. The second-order valence-electron chi connectivity index (χ2n) is 7.22. The zero-order valence-electron chi connectivity index (χ0n) is 17.0. The number of benzene rings is 2. The number of nitrogens with one attached hydrogen (secondary N) is 2. The maximum absolute atomic E-state index is 13.8. The summed E-state index contributed by atoms with van der Waals surface area (Å²) in [5.74, 6) is 0.622. The van der Waals surface area contributed by atoms with E-state index in [0.717, 1.165) is 44.1 Å². The second kappa shape index (κ2) is 12.1. The van der Waals surface area contributed by atoms with E-state index in [1.54, 1.807) is 6.07 Å². The summed E-state index contributed by atoms with van der Waals surface area (Å²) in [6.07, 6.45) is 2.55. The van der Waals surface area contributed by atoms with Crippen LogP contribution >= 0.6 is 24.0 Å². The maximum atomic E-state index is 13.8. The molecule has 1 saturated heterocycles. The van der Waals surface area contributed by atoms with E-state index in [-0.39, 0.29) is 35.2 Å². The number of halogens is 2. The number of ether oxygens (including phenoxy) is 1. The maximum Gasteiger partial charge on any atom is 0.191 e. The predicted molar refractivity (Wildman–Crippen MR) is 128 cm³/mol. The molecule has 2 aromatic rings. The first-order chi connectivity index (χ1) is 13.7. The van der Waals surface area contributed by atoms with Gasteiger partial charge in [0.15, 0.2) is 5.96 Å². The van der Waals surface area contributed by atoms with Crippen molar-refractivity contribution < 1.29 is 9.13 Å². The van der Waals surface area contributed by atoms with Crippen molar-refractivity contribution >= 4 is 29.9 Å². The van der Waals surface area contributed by atoms with Crippen LogP contribution < -0.4 is 10.6 Å². The van der Waals surface area contributed by atoms with Gasteiger partial charge in [0, 0.05) is 31.7 Å². The van der Waals surface area contributed by atoms with Gasteiger partial charge in [0.05, 0.1) is 6.54 Å². The predicted octanol–water partition coefficient (Wildman–Crippen LogP) is 4.29. The zero-order valence-corrected chi connectivity index (χ0v) is 19.3. The molecule has 2 aromatic carbocycles. The summed E-state index contributed by atoms with van der Waals surface area (Å²) in [6.45, 7) is 5.70. The summed E-state index contributed by atoms with van der Waals surface area (Å²) in [5.41, 5.74) is 2.05. The number of nitrogens with zero attached hydrogens (tertiary/aromatic N) is 1. The number of rotatable bonds is 7. The van der Waals surface area contributed by atoms with Crippen molar-refractivity contribution in [2.45, 2.75) is 31.6 Å². The monoisotopic (exact) mass is 511 g/mol. The first-order valence-corrected chi connectivity index (χ1v) is 10.1. The molecule has 6 heteroatoms. The van der Waals surface area contributed by atoms with Gasteiger partial charge in [-0.3, -0.25) is 4.99 Å². The molecule has 0 bridgehead atoms.